The predicted molar refractivity (Wildman–Crippen MR) is 104 cm³/mol. The summed E-state index contributed by atoms with van der Waals surface area (Å²) in [4.78, 5) is 17.4. The van der Waals surface area contributed by atoms with Crippen LogP contribution in [0.5, 0.6) is 0 Å². The number of carbonyl (C=O) groups excluding carboxylic acids is 1. The number of hydrogen-bond acceptors (Lipinski definition) is 4. The third-order valence-corrected chi connectivity index (χ3v) is 4.52. The lowest BCUT2D eigenvalue weighted by atomic mass is 10.1. The number of rotatable bonds is 4. The standard InChI is InChI=1S/C20H19FN6O/c1-12-8-16(18-13(2)25-26(3)19(18)23-12)20(28)24-15-9-22-27(11-15)10-14-6-4-5-7-17(14)21/h4-9,11H,10H2,1-3H3,(H,24,28). The molecule has 0 bridgehead atoms. The minimum atomic E-state index is -0.287. The van der Waals surface area contributed by atoms with Gasteiger partial charge < -0.3 is 5.32 Å². The second-order valence-electron chi connectivity index (χ2n) is 6.69. The molecule has 1 N–H and O–H groups in total. The maximum Gasteiger partial charge on any atom is 0.256 e. The molecule has 1 aromatic carbocycles. The van der Waals surface area contributed by atoms with E-state index in [1.54, 1.807) is 53.1 Å². The molecule has 0 saturated heterocycles. The Labute approximate surface area is 160 Å². The molecule has 3 heterocycles. The van der Waals surface area contributed by atoms with Crippen LogP contribution in [0, 0.1) is 19.7 Å². The molecular weight excluding hydrogens is 359 g/mol. The van der Waals surface area contributed by atoms with Gasteiger partial charge >= 0.3 is 0 Å². The predicted octanol–water partition coefficient (Wildman–Crippen LogP) is 3.22. The van der Waals surface area contributed by atoms with E-state index in [9.17, 15) is 9.18 Å². The molecular formula is C20H19FN6O. The van der Waals surface area contributed by atoms with E-state index in [0.717, 1.165) is 16.8 Å². The number of benzene rings is 1. The van der Waals surface area contributed by atoms with E-state index < -0.39 is 0 Å². The van der Waals surface area contributed by atoms with Gasteiger partial charge in [-0.15, -0.1) is 0 Å². The number of amides is 1. The van der Waals surface area contributed by atoms with Crippen LogP contribution in [0.4, 0.5) is 10.1 Å². The van der Waals surface area contributed by atoms with Crippen molar-refractivity contribution in [3.63, 3.8) is 0 Å². The lowest BCUT2D eigenvalue weighted by molar-refractivity contribution is 0.102. The minimum Gasteiger partial charge on any atom is -0.319 e. The van der Waals surface area contributed by atoms with E-state index in [0.29, 0.717) is 22.5 Å². The second kappa shape index (κ2) is 6.88. The Morgan fingerprint density at radius 1 is 1.25 bits per heavy atom. The molecule has 0 saturated carbocycles. The first-order chi connectivity index (χ1) is 13.4. The van der Waals surface area contributed by atoms with Crippen LogP contribution in [0.15, 0.2) is 42.7 Å². The molecule has 0 spiro atoms. The number of fused-ring (bicyclic) bond motifs is 1. The molecule has 0 unspecified atom stereocenters. The number of aryl methyl sites for hydroxylation is 3. The molecule has 0 aliphatic rings. The first-order valence-electron chi connectivity index (χ1n) is 8.80. The van der Waals surface area contributed by atoms with E-state index in [4.69, 9.17) is 0 Å². The van der Waals surface area contributed by atoms with Crippen molar-refractivity contribution >= 4 is 22.6 Å². The number of carbonyl (C=O) groups is 1. The van der Waals surface area contributed by atoms with Gasteiger partial charge in [-0.3, -0.25) is 14.2 Å². The largest absolute Gasteiger partial charge is 0.319 e. The zero-order valence-electron chi connectivity index (χ0n) is 15.8. The summed E-state index contributed by atoms with van der Waals surface area (Å²) in [6.07, 6.45) is 3.21. The highest BCUT2D eigenvalue weighted by Crippen LogP contribution is 2.22. The third-order valence-electron chi connectivity index (χ3n) is 4.52. The number of halogens is 1. The summed E-state index contributed by atoms with van der Waals surface area (Å²) in [7, 11) is 1.80. The van der Waals surface area contributed by atoms with Crippen LogP contribution >= 0.6 is 0 Å². The van der Waals surface area contributed by atoms with Crippen molar-refractivity contribution < 1.29 is 9.18 Å². The molecule has 0 atom stereocenters. The summed E-state index contributed by atoms with van der Waals surface area (Å²) in [6, 6.07) is 8.28. The number of nitrogens with zero attached hydrogens (tertiary/aromatic N) is 5. The normalized spacial score (nSPS) is 11.1. The number of nitrogens with one attached hydrogen (secondary N) is 1. The van der Waals surface area contributed by atoms with Crippen molar-refractivity contribution in [3.05, 3.63) is 71.1 Å². The van der Waals surface area contributed by atoms with Gasteiger partial charge in [-0.1, -0.05) is 18.2 Å². The van der Waals surface area contributed by atoms with Crippen LogP contribution in [-0.4, -0.2) is 30.5 Å². The van der Waals surface area contributed by atoms with E-state index >= 15 is 0 Å². The number of pyridine rings is 1. The van der Waals surface area contributed by atoms with Crippen molar-refractivity contribution in [2.24, 2.45) is 7.05 Å². The van der Waals surface area contributed by atoms with Gasteiger partial charge in [-0.05, 0) is 26.0 Å². The van der Waals surface area contributed by atoms with Gasteiger partial charge in [-0.2, -0.15) is 10.2 Å². The molecule has 28 heavy (non-hydrogen) atoms. The van der Waals surface area contributed by atoms with Gasteiger partial charge in [0.15, 0.2) is 5.65 Å². The van der Waals surface area contributed by atoms with Crippen LogP contribution < -0.4 is 5.32 Å². The fourth-order valence-electron chi connectivity index (χ4n) is 3.26. The molecule has 3 aromatic heterocycles. The summed E-state index contributed by atoms with van der Waals surface area (Å²) in [5.41, 5.74) is 3.71. The molecule has 8 heteroatoms. The van der Waals surface area contributed by atoms with Gasteiger partial charge in [0.1, 0.15) is 5.82 Å². The Morgan fingerprint density at radius 3 is 2.82 bits per heavy atom. The smallest absolute Gasteiger partial charge is 0.256 e. The van der Waals surface area contributed by atoms with Gasteiger partial charge in [-0.25, -0.2) is 9.37 Å². The summed E-state index contributed by atoms with van der Waals surface area (Å²) in [5, 5.41) is 12.2. The molecule has 4 aromatic rings. The fraction of sp³-hybridized carbons (Fsp3) is 0.200. The summed E-state index contributed by atoms with van der Waals surface area (Å²) in [6.45, 7) is 3.97. The maximum absolute atomic E-state index is 13.8. The quantitative estimate of drug-likeness (QED) is 0.591. The zero-order valence-corrected chi connectivity index (χ0v) is 15.8. The Bertz CT molecular complexity index is 1190. The summed E-state index contributed by atoms with van der Waals surface area (Å²) in [5.74, 6) is -0.553. The van der Waals surface area contributed by atoms with Crippen molar-refractivity contribution in [2.75, 3.05) is 5.32 Å². The van der Waals surface area contributed by atoms with Crippen molar-refractivity contribution in [3.8, 4) is 0 Å². The van der Waals surface area contributed by atoms with Crippen molar-refractivity contribution in [1.29, 1.82) is 0 Å². The van der Waals surface area contributed by atoms with E-state index in [1.165, 1.54) is 6.07 Å². The molecule has 1 amide bonds. The van der Waals surface area contributed by atoms with Crippen LogP contribution in [0.2, 0.25) is 0 Å². The highest BCUT2D eigenvalue weighted by molar-refractivity contribution is 6.12. The monoisotopic (exact) mass is 378 g/mol. The maximum atomic E-state index is 13.8. The lowest BCUT2D eigenvalue weighted by Crippen LogP contribution is -2.13. The van der Waals surface area contributed by atoms with Gasteiger partial charge in [0.05, 0.1) is 35.1 Å². The SMILES string of the molecule is Cc1cc(C(=O)Nc2cnn(Cc3ccccc3F)c2)c2c(C)nn(C)c2n1. The molecule has 0 fully saturated rings. The van der Waals surface area contributed by atoms with Crippen LogP contribution in [0.25, 0.3) is 11.0 Å². The Hall–Kier alpha value is -3.55. The zero-order chi connectivity index (χ0) is 19.8. The molecule has 0 radical (unpaired) electrons. The van der Waals surface area contributed by atoms with Gasteiger partial charge in [0.25, 0.3) is 5.91 Å². The van der Waals surface area contributed by atoms with Gasteiger partial charge in [0, 0.05) is 24.5 Å². The van der Waals surface area contributed by atoms with E-state index in [2.05, 4.69) is 20.5 Å². The van der Waals surface area contributed by atoms with Crippen molar-refractivity contribution in [1.82, 2.24) is 24.5 Å². The fourth-order valence-corrected chi connectivity index (χ4v) is 3.26. The molecule has 0 aliphatic carbocycles. The number of aromatic nitrogens is 5. The molecule has 0 aliphatic heterocycles. The van der Waals surface area contributed by atoms with Gasteiger partial charge in [0.2, 0.25) is 0 Å². The van der Waals surface area contributed by atoms with Crippen molar-refractivity contribution in [2.45, 2.75) is 20.4 Å². The van der Waals surface area contributed by atoms with E-state index in [-0.39, 0.29) is 18.3 Å². The number of hydrogen-bond donors (Lipinski definition) is 1. The first kappa shape index (κ1) is 17.8. The first-order valence-corrected chi connectivity index (χ1v) is 8.80. The average molecular weight is 378 g/mol. The highest BCUT2D eigenvalue weighted by Gasteiger charge is 2.18. The van der Waals surface area contributed by atoms with Crippen LogP contribution in [0.3, 0.4) is 0 Å². The molecule has 142 valence electrons. The topological polar surface area (TPSA) is 77.6 Å². The summed E-state index contributed by atoms with van der Waals surface area (Å²) < 4.78 is 17.1. The van der Waals surface area contributed by atoms with Crippen LogP contribution in [-0.2, 0) is 13.6 Å². The molecule has 7 nitrogen and oxygen atoms in total. The van der Waals surface area contributed by atoms with E-state index in [1.807, 2.05) is 13.8 Å². The Kier molecular flexibility index (Phi) is 4.38. The number of anilines is 1. The Balaban J connectivity index is 1.59. The second-order valence-corrected chi connectivity index (χ2v) is 6.69. The Morgan fingerprint density at radius 2 is 2.04 bits per heavy atom. The highest BCUT2D eigenvalue weighted by atomic mass is 19.1. The van der Waals surface area contributed by atoms with Crippen LogP contribution in [0.1, 0.15) is 27.3 Å². The lowest BCUT2D eigenvalue weighted by Gasteiger charge is -2.06. The minimum absolute atomic E-state index is 0.267. The average Bonchev–Trinajstić information content (AvgIpc) is 3.20. The third kappa shape index (κ3) is 3.24. The summed E-state index contributed by atoms with van der Waals surface area (Å²) >= 11 is 0. The molecule has 4 rings (SSSR count).